The molecule has 0 fully saturated rings. The third-order valence-corrected chi connectivity index (χ3v) is 2.52. The number of benzene rings is 1. The Labute approximate surface area is 116 Å². The Kier molecular flexibility index (Phi) is 5.63. The quantitative estimate of drug-likeness (QED) is 0.841. The first kappa shape index (κ1) is 15.3. The molecule has 19 heavy (non-hydrogen) atoms. The molecule has 1 aromatic rings. The number of rotatable bonds is 6. The van der Waals surface area contributed by atoms with E-state index in [0.717, 1.165) is 0 Å². The average molecular weight is 286 g/mol. The van der Waals surface area contributed by atoms with Crippen LogP contribution in [0.1, 0.15) is 30.6 Å². The van der Waals surface area contributed by atoms with Crippen molar-refractivity contribution in [3.8, 4) is 5.75 Å². The van der Waals surface area contributed by atoms with Crippen molar-refractivity contribution >= 4 is 23.5 Å². The lowest BCUT2D eigenvalue weighted by Gasteiger charge is -2.12. The zero-order valence-electron chi connectivity index (χ0n) is 10.8. The summed E-state index contributed by atoms with van der Waals surface area (Å²) < 4.78 is 5.31. The molecule has 0 unspecified atom stereocenters. The molecule has 0 atom stereocenters. The molecule has 5 nitrogen and oxygen atoms in total. The van der Waals surface area contributed by atoms with Crippen LogP contribution >= 0.6 is 11.6 Å². The fraction of sp³-hybridized carbons (Fsp3) is 0.385. The van der Waals surface area contributed by atoms with Gasteiger partial charge in [-0.2, -0.15) is 0 Å². The van der Waals surface area contributed by atoms with Gasteiger partial charge in [-0.3, -0.25) is 4.79 Å². The van der Waals surface area contributed by atoms with Gasteiger partial charge in [0.2, 0.25) is 5.91 Å². The van der Waals surface area contributed by atoms with Crippen LogP contribution in [0.3, 0.4) is 0 Å². The first-order valence-electron chi connectivity index (χ1n) is 5.85. The predicted octanol–water partition coefficient (Wildman–Crippen LogP) is 2.33. The normalized spacial score (nSPS) is 10.3. The van der Waals surface area contributed by atoms with Crippen LogP contribution in [0.2, 0.25) is 5.02 Å². The number of para-hydroxylation sites is 1. The third-order valence-electron chi connectivity index (χ3n) is 2.22. The van der Waals surface area contributed by atoms with Gasteiger partial charge in [0.25, 0.3) is 0 Å². The average Bonchev–Trinajstić information content (AvgIpc) is 2.29. The lowest BCUT2D eigenvalue weighted by Crippen LogP contribution is -2.31. The second-order valence-electron chi connectivity index (χ2n) is 4.24. The Bertz CT molecular complexity index is 474. The van der Waals surface area contributed by atoms with Crippen LogP contribution < -0.4 is 10.1 Å². The summed E-state index contributed by atoms with van der Waals surface area (Å²) in [7, 11) is 0. The topological polar surface area (TPSA) is 75.6 Å². The van der Waals surface area contributed by atoms with E-state index in [1.54, 1.807) is 0 Å². The Hall–Kier alpha value is -1.75. The summed E-state index contributed by atoms with van der Waals surface area (Å²) in [5.74, 6) is -1.18. The number of hydrogen-bond donors (Lipinski definition) is 2. The van der Waals surface area contributed by atoms with E-state index in [9.17, 15) is 9.59 Å². The minimum Gasteiger partial charge on any atom is -0.491 e. The van der Waals surface area contributed by atoms with Gasteiger partial charge in [0.1, 0.15) is 5.56 Å². The lowest BCUT2D eigenvalue weighted by atomic mass is 10.2. The molecule has 1 aromatic carbocycles. The van der Waals surface area contributed by atoms with Crippen LogP contribution in [0.4, 0.5) is 0 Å². The maximum Gasteiger partial charge on any atom is 0.339 e. The second kappa shape index (κ2) is 6.99. The zero-order chi connectivity index (χ0) is 14.4. The van der Waals surface area contributed by atoms with Crippen molar-refractivity contribution in [2.75, 3.05) is 6.61 Å². The molecule has 104 valence electrons. The summed E-state index contributed by atoms with van der Waals surface area (Å²) in [6.45, 7) is 3.78. The van der Waals surface area contributed by atoms with Crippen molar-refractivity contribution in [2.24, 2.45) is 0 Å². The molecule has 2 N–H and O–H groups in total. The van der Waals surface area contributed by atoms with Crippen molar-refractivity contribution in [1.29, 1.82) is 0 Å². The number of carboxylic acids is 1. The number of carbonyl (C=O) groups excluding carboxylic acids is 1. The summed E-state index contributed by atoms with van der Waals surface area (Å²) in [5, 5.41) is 11.9. The molecular formula is C13H16ClNO4. The number of nitrogens with one attached hydrogen (secondary N) is 1. The Morgan fingerprint density at radius 2 is 2.11 bits per heavy atom. The zero-order valence-corrected chi connectivity index (χ0v) is 11.5. The standard InChI is InChI=1S/C13H16ClNO4/c1-8(2)15-11(16)6-7-19-12-9(13(17)18)4-3-5-10(12)14/h3-5,8H,6-7H2,1-2H3,(H,15,16)(H,17,18). The monoisotopic (exact) mass is 285 g/mol. The smallest absolute Gasteiger partial charge is 0.339 e. The molecule has 0 aliphatic carbocycles. The molecule has 0 heterocycles. The molecule has 1 amide bonds. The van der Waals surface area contributed by atoms with Crippen LogP contribution in [0, 0.1) is 0 Å². The van der Waals surface area contributed by atoms with E-state index in [2.05, 4.69) is 5.32 Å². The minimum absolute atomic E-state index is 0.0169. The summed E-state index contributed by atoms with van der Waals surface area (Å²) >= 11 is 5.88. The number of halogens is 1. The highest BCUT2D eigenvalue weighted by molar-refractivity contribution is 6.32. The summed E-state index contributed by atoms with van der Waals surface area (Å²) in [4.78, 5) is 22.4. The molecule has 0 radical (unpaired) electrons. The Morgan fingerprint density at radius 1 is 1.42 bits per heavy atom. The molecule has 0 aromatic heterocycles. The molecular weight excluding hydrogens is 270 g/mol. The van der Waals surface area contributed by atoms with Gasteiger partial charge in [0.15, 0.2) is 5.75 Å². The molecule has 0 saturated heterocycles. The number of amides is 1. The maximum atomic E-state index is 11.4. The van der Waals surface area contributed by atoms with Gasteiger partial charge in [0.05, 0.1) is 18.1 Å². The summed E-state index contributed by atoms with van der Waals surface area (Å²) in [6, 6.07) is 4.53. The van der Waals surface area contributed by atoms with E-state index < -0.39 is 5.97 Å². The molecule has 0 spiro atoms. The first-order chi connectivity index (χ1) is 8.91. The summed E-state index contributed by atoms with van der Waals surface area (Å²) in [5.41, 5.74) is -0.0169. The van der Waals surface area contributed by atoms with Gasteiger partial charge in [-0.15, -0.1) is 0 Å². The number of aromatic carboxylic acids is 1. The molecule has 6 heteroatoms. The fourth-order valence-electron chi connectivity index (χ4n) is 1.46. The van der Waals surface area contributed by atoms with Gasteiger partial charge in [-0.05, 0) is 26.0 Å². The third kappa shape index (κ3) is 4.79. The summed E-state index contributed by atoms with van der Waals surface area (Å²) in [6.07, 6.45) is 0.141. The van der Waals surface area contributed by atoms with Gasteiger partial charge in [-0.25, -0.2) is 4.79 Å². The molecule has 0 saturated carbocycles. The van der Waals surface area contributed by atoms with Gasteiger partial charge in [-0.1, -0.05) is 17.7 Å². The highest BCUT2D eigenvalue weighted by Gasteiger charge is 2.15. The molecule has 0 bridgehead atoms. The Balaban J connectivity index is 2.63. The number of carboxylic acid groups (broad SMARTS) is 1. The van der Waals surface area contributed by atoms with Crippen LogP contribution in [-0.2, 0) is 4.79 Å². The number of carbonyl (C=O) groups is 2. The first-order valence-corrected chi connectivity index (χ1v) is 6.23. The van der Waals surface area contributed by atoms with Gasteiger partial charge < -0.3 is 15.2 Å². The number of hydrogen-bond acceptors (Lipinski definition) is 3. The van der Waals surface area contributed by atoms with Crippen LogP contribution in [0.25, 0.3) is 0 Å². The van der Waals surface area contributed by atoms with Gasteiger partial charge in [0, 0.05) is 6.04 Å². The largest absolute Gasteiger partial charge is 0.491 e. The van der Waals surface area contributed by atoms with E-state index in [1.165, 1.54) is 18.2 Å². The fourth-order valence-corrected chi connectivity index (χ4v) is 1.69. The van der Waals surface area contributed by atoms with Crippen molar-refractivity contribution in [3.63, 3.8) is 0 Å². The van der Waals surface area contributed by atoms with Gasteiger partial charge >= 0.3 is 5.97 Å². The van der Waals surface area contributed by atoms with E-state index in [4.69, 9.17) is 21.4 Å². The molecule has 1 rings (SSSR count). The maximum absolute atomic E-state index is 11.4. The number of ether oxygens (including phenoxy) is 1. The highest BCUT2D eigenvalue weighted by Crippen LogP contribution is 2.28. The van der Waals surface area contributed by atoms with Crippen LogP contribution in [0.5, 0.6) is 5.75 Å². The van der Waals surface area contributed by atoms with E-state index in [-0.39, 0.29) is 41.3 Å². The van der Waals surface area contributed by atoms with Crippen LogP contribution in [0.15, 0.2) is 18.2 Å². The molecule has 0 aliphatic heterocycles. The van der Waals surface area contributed by atoms with E-state index in [1.807, 2.05) is 13.8 Å². The Morgan fingerprint density at radius 3 is 2.68 bits per heavy atom. The molecule has 0 aliphatic rings. The van der Waals surface area contributed by atoms with Crippen molar-refractivity contribution < 1.29 is 19.4 Å². The van der Waals surface area contributed by atoms with Crippen molar-refractivity contribution in [2.45, 2.75) is 26.3 Å². The second-order valence-corrected chi connectivity index (χ2v) is 4.65. The van der Waals surface area contributed by atoms with E-state index >= 15 is 0 Å². The lowest BCUT2D eigenvalue weighted by molar-refractivity contribution is -0.122. The van der Waals surface area contributed by atoms with E-state index in [0.29, 0.717) is 0 Å². The minimum atomic E-state index is -1.12. The van der Waals surface area contributed by atoms with Crippen molar-refractivity contribution in [3.05, 3.63) is 28.8 Å². The van der Waals surface area contributed by atoms with Crippen molar-refractivity contribution in [1.82, 2.24) is 5.32 Å². The predicted molar refractivity (Wildman–Crippen MR) is 71.8 cm³/mol. The SMILES string of the molecule is CC(C)NC(=O)CCOc1c(Cl)cccc1C(=O)O. The van der Waals surface area contributed by atoms with Crippen LogP contribution in [-0.4, -0.2) is 29.6 Å². The highest BCUT2D eigenvalue weighted by atomic mass is 35.5.